The molecule has 174 valence electrons. The van der Waals surface area contributed by atoms with Gasteiger partial charge in [0.05, 0.1) is 10.5 Å². The normalized spacial score (nSPS) is 11.1. The number of hydrogen-bond acceptors (Lipinski definition) is 3. The van der Waals surface area contributed by atoms with E-state index >= 15 is 0 Å². The SMILES string of the molecule is O=C(OC(C#[N+]N(Cc1ccccc1)Cc1ccccc1)CCc1ccccc1)c1ccccc1. The first-order chi connectivity index (χ1) is 17.3. The second kappa shape index (κ2) is 12.8. The molecule has 0 fully saturated rings. The van der Waals surface area contributed by atoms with E-state index < -0.39 is 6.10 Å². The molecule has 0 aliphatic carbocycles. The molecule has 4 aromatic rings. The number of nitrogens with zero attached hydrogens (tertiary/aromatic N) is 2. The molecule has 0 saturated carbocycles. The maximum absolute atomic E-state index is 12.8. The zero-order chi connectivity index (χ0) is 24.1. The Kier molecular flexibility index (Phi) is 8.68. The highest BCUT2D eigenvalue weighted by Gasteiger charge is 2.21. The maximum Gasteiger partial charge on any atom is 0.364 e. The average Bonchev–Trinajstić information content (AvgIpc) is 2.92. The summed E-state index contributed by atoms with van der Waals surface area (Å²) < 4.78 is 5.84. The third-order valence-corrected chi connectivity index (χ3v) is 5.56. The summed E-state index contributed by atoms with van der Waals surface area (Å²) in [5, 5.41) is 1.95. The van der Waals surface area contributed by atoms with E-state index in [2.05, 4.69) is 47.4 Å². The van der Waals surface area contributed by atoms with Crippen molar-refractivity contribution < 1.29 is 9.53 Å². The Morgan fingerprint density at radius 2 is 1.14 bits per heavy atom. The summed E-state index contributed by atoms with van der Waals surface area (Å²) in [6, 6.07) is 42.8. The predicted octanol–water partition coefficient (Wildman–Crippen LogP) is 6.80. The van der Waals surface area contributed by atoms with Crippen molar-refractivity contribution in [3.8, 4) is 6.07 Å². The van der Waals surface area contributed by atoms with E-state index in [1.807, 2.05) is 77.8 Å². The summed E-state index contributed by atoms with van der Waals surface area (Å²) in [5.41, 5.74) is 4.00. The Hall–Kier alpha value is -4.36. The van der Waals surface area contributed by atoms with Gasteiger partial charge in [0, 0.05) is 6.42 Å². The van der Waals surface area contributed by atoms with Crippen molar-refractivity contribution >= 4 is 5.97 Å². The number of aryl methyl sites for hydroxylation is 1. The first-order valence-corrected chi connectivity index (χ1v) is 11.9. The zero-order valence-corrected chi connectivity index (χ0v) is 19.7. The molecule has 0 aromatic heterocycles. The highest BCUT2D eigenvalue weighted by Crippen LogP contribution is 2.14. The Labute approximate surface area is 207 Å². The number of esters is 1. The lowest BCUT2D eigenvalue weighted by atomic mass is 10.1. The van der Waals surface area contributed by atoms with E-state index in [0.29, 0.717) is 25.1 Å². The van der Waals surface area contributed by atoms with Crippen LogP contribution in [0.4, 0.5) is 0 Å². The van der Waals surface area contributed by atoms with E-state index in [9.17, 15) is 4.79 Å². The summed E-state index contributed by atoms with van der Waals surface area (Å²) in [4.78, 5) is 17.5. The van der Waals surface area contributed by atoms with Gasteiger partial charge >= 0.3 is 12.0 Å². The molecule has 0 radical (unpaired) electrons. The van der Waals surface area contributed by atoms with Gasteiger partial charge in [-0.3, -0.25) is 0 Å². The molecule has 4 heteroatoms. The van der Waals surface area contributed by atoms with Gasteiger partial charge in [-0.2, -0.15) is 0 Å². The molecule has 0 aliphatic heterocycles. The number of benzene rings is 4. The van der Waals surface area contributed by atoms with Crippen LogP contribution in [-0.4, -0.2) is 17.1 Å². The van der Waals surface area contributed by atoms with Gasteiger partial charge in [0.1, 0.15) is 13.1 Å². The fraction of sp³-hybridized carbons (Fsp3) is 0.161. The summed E-state index contributed by atoms with van der Waals surface area (Å²) in [6.45, 7) is 1.25. The fourth-order valence-electron chi connectivity index (χ4n) is 3.72. The summed E-state index contributed by atoms with van der Waals surface area (Å²) in [5.74, 6) is -0.371. The average molecular weight is 462 g/mol. The number of carbonyl (C=O) groups is 1. The van der Waals surface area contributed by atoms with E-state index in [4.69, 9.17) is 4.74 Å². The van der Waals surface area contributed by atoms with Crippen LogP contribution in [0.2, 0.25) is 0 Å². The quantitative estimate of drug-likeness (QED) is 0.203. The third-order valence-electron chi connectivity index (χ3n) is 5.56. The number of ether oxygens (including phenoxy) is 1. The molecular formula is C31H29N2O2+. The second-order valence-electron chi connectivity index (χ2n) is 8.31. The van der Waals surface area contributed by atoms with Crippen LogP contribution in [0.3, 0.4) is 0 Å². The van der Waals surface area contributed by atoms with Crippen LogP contribution in [0, 0.1) is 6.07 Å². The predicted molar refractivity (Wildman–Crippen MR) is 140 cm³/mol. The van der Waals surface area contributed by atoms with Gasteiger partial charge in [-0.05, 0) is 35.2 Å². The van der Waals surface area contributed by atoms with Crippen LogP contribution in [0.5, 0.6) is 0 Å². The van der Waals surface area contributed by atoms with Gasteiger partial charge < -0.3 is 4.74 Å². The van der Waals surface area contributed by atoms with E-state index in [-0.39, 0.29) is 5.97 Å². The van der Waals surface area contributed by atoms with Crippen molar-refractivity contribution in [2.75, 3.05) is 0 Å². The van der Waals surface area contributed by atoms with Crippen LogP contribution in [0.1, 0.15) is 33.5 Å². The van der Waals surface area contributed by atoms with Crippen LogP contribution in [0.15, 0.2) is 121 Å². The van der Waals surface area contributed by atoms with E-state index in [1.165, 1.54) is 5.56 Å². The first kappa shape index (κ1) is 23.8. The minimum atomic E-state index is -0.572. The van der Waals surface area contributed by atoms with Crippen molar-refractivity contribution in [2.24, 2.45) is 0 Å². The lowest BCUT2D eigenvalue weighted by molar-refractivity contribution is 0.0395. The van der Waals surface area contributed by atoms with Crippen LogP contribution in [0.25, 0.3) is 4.95 Å². The van der Waals surface area contributed by atoms with Gasteiger partial charge in [0.25, 0.3) is 0 Å². The Morgan fingerprint density at radius 1 is 0.686 bits per heavy atom. The topological polar surface area (TPSA) is 33.9 Å². The second-order valence-corrected chi connectivity index (χ2v) is 8.31. The standard InChI is InChI=1S/C31H29N2O2/c34-31(29-19-11-4-12-20-29)35-30(22-21-26-13-5-1-6-14-26)23-32-33(24-27-15-7-2-8-16-27)25-28-17-9-3-10-18-28/h1-20,30H,21-22,24-25H2/q+1. The monoisotopic (exact) mass is 461 g/mol. The zero-order valence-electron chi connectivity index (χ0n) is 19.7. The number of rotatable bonds is 9. The Morgan fingerprint density at radius 3 is 1.66 bits per heavy atom. The smallest absolute Gasteiger partial charge is 0.364 e. The van der Waals surface area contributed by atoms with Crippen molar-refractivity contribution in [1.29, 1.82) is 0 Å². The molecule has 4 nitrogen and oxygen atoms in total. The molecule has 0 amide bonds. The van der Waals surface area contributed by atoms with Crippen molar-refractivity contribution in [3.05, 3.63) is 149 Å². The Balaban J connectivity index is 1.54. The minimum absolute atomic E-state index is 0.371. The van der Waals surface area contributed by atoms with Gasteiger partial charge in [-0.25, -0.2) is 4.79 Å². The first-order valence-electron chi connectivity index (χ1n) is 11.9. The molecule has 4 aromatic carbocycles. The van der Waals surface area contributed by atoms with Gasteiger partial charge in [0.15, 0.2) is 0 Å². The third kappa shape index (κ3) is 7.87. The highest BCUT2D eigenvalue weighted by atomic mass is 16.5. The number of carbonyl (C=O) groups excluding carboxylic acids is 1. The largest absolute Gasteiger partial charge is 0.438 e. The molecule has 0 bridgehead atoms. The van der Waals surface area contributed by atoms with Crippen molar-refractivity contribution in [3.63, 3.8) is 0 Å². The van der Waals surface area contributed by atoms with Gasteiger partial charge in [-0.15, -0.1) is 0 Å². The molecule has 0 aliphatic rings. The summed E-state index contributed by atoms with van der Waals surface area (Å²) in [7, 11) is 0. The molecule has 0 heterocycles. The molecule has 0 N–H and O–H groups in total. The van der Waals surface area contributed by atoms with E-state index in [1.54, 1.807) is 12.1 Å². The molecule has 35 heavy (non-hydrogen) atoms. The fourth-order valence-corrected chi connectivity index (χ4v) is 3.72. The minimum Gasteiger partial charge on any atom is -0.438 e. The Bertz CT molecular complexity index is 1190. The van der Waals surface area contributed by atoms with Gasteiger partial charge in [0.2, 0.25) is 6.10 Å². The lowest BCUT2D eigenvalue weighted by Gasteiger charge is -2.10. The van der Waals surface area contributed by atoms with Crippen molar-refractivity contribution in [1.82, 2.24) is 5.01 Å². The molecule has 0 spiro atoms. The van der Waals surface area contributed by atoms with Crippen molar-refractivity contribution in [2.45, 2.75) is 32.0 Å². The van der Waals surface area contributed by atoms with Crippen LogP contribution >= 0.6 is 0 Å². The molecular weight excluding hydrogens is 432 g/mol. The number of hydrogen-bond donors (Lipinski definition) is 0. The maximum atomic E-state index is 12.8. The summed E-state index contributed by atoms with van der Waals surface area (Å²) in [6.07, 6.45) is 0.779. The molecule has 4 rings (SSSR count). The lowest BCUT2D eigenvalue weighted by Crippen LogP contribution is -2.19. The summed E-state index contributed by atoms with van der Waals surface area (Å²) >= 11 is 0. The molecule has 0 saturated heterocycles. The van der Waals surface area contributed by atoms with Crippen LogP contribution < -0.4 is 0 Å². The molecule has 1 atom stereocenters. The van der Waals surface area contributed by atoms with Gasteiger partial charge in [-0.1, -0.05) is 114 Å². The van der Waals surface area contributed by atoms with E-state index in [0.717, 1.165) is 17.5 Å². The highest BCUT2D eigenvalue weighted by molar-refractivity contribution is 5.89. The molecule has 1 unspecified atom stereocenters. The van der Waals surface area contributed by atoms with Crippen LogP contribution in [-0.2, 0) is 24.2 Å².